The molecule has 4 N–H and O–H groups in total. The van der Waals surface area contributed by atoms with Crippen LogP contribution >= 0.6 is 0 Å². The molecular formula is C12H15FN4. The topological polar surface area (TPSA) is 66.7 Å². The Balaban J connectivity index is 2.21. The third kappa shape index (κ3) is 2.69. The highest BCUT2D eigenvalue weighted by Gasteiger charge is 2.14. The summed E-state index contributed by atoms with van der Waals surface area (Å²) < 4.78 is 13.2. The van der Waals surface area contributed by atoms with Crippen LogP contribution in [0.3, 0.4) is 0 Å². The highest BCUT2D eigenvalue weighted by molar-refractivity contribution is 5.28. The Morgan fingerprint density at radius 2 is 2.35 bits per heavy atom. The second kappa shape index (κ2) is 5.07. The maximum Gasteiger partial charge on any atom is 0.124 e. The van der Waals surface area contributed by atoms with E-state index in [4.69, 9.17) is 5.84 Å². The monoisotopic (exact) mass is 234 g/mol. The number of hydrazine groups is 1. The maximum atomic E-state index is 13.2. The van der Waals surface area contributed by atoms with Gasteiger partial charge in [-0.05, 0) is 36.6 Å². The van der Waals surface area contributed by atoms with Gasteiger partial charge in [-0.2, -0.15) is 0 Å². The molecule has 0 aliphatic rings. The molecule has 1 aromatic carbocycles. The molecule has 1 aromatic heterocycles. The van der Waals surface area contributed by atoms with Gasteiger partial charge in [-0.3, -0.25) is 5.84 Å². The van der Waals surface area contributed by atoms with E-state index >= 15 is 0 Å². The van der Waals surface area contributed by atoms with Gasteiger partial charge in [-0.1, -0.05) is 6.07 Å². The molecule has 5 heteroatoms. The lowest BCUT2D eigenvalue weighted by atomic mass is 10.0. The van der Waals surface area contributed by atoms with Gasteiger partial charge in [0.15, 0.2) is 0 Å². The van der Waals surface area contributed by atoms with Crippen LogP contribution in [-0.4, -0.2) is 9.97 Å². The molecule has 17 heavy (non-hydrogen) atoms. The summed E-state index contributed by atoms with van der Waals surface area (Å²) in [7, 11) is 0. The molecule has 0 fully saturated rings. The van der Waals surface area contributed by atoms with Crippen molar-refractivity contribution in [2.75, 3.05) is 0 Å². The molecule has 1 heterocycles. The number of nitrogens with zero attached hydrogens (tertiary/aromatic N) is 1. The minimum Gasteiger partial charge on any atom is -0.347 e. The number of aryl methyl sites for hydroxylation is 1. The van der Waals surface area contributed by atoms with Crippen molar-refractivity contribution in [3.8, 4) is 0 Å². The number of nitrogens with one attached hydrogen (secondary N) is 2. The number of rotatable bonds is 4. The fourth-order valence-electron chi connectivity index (χ4n) is 1.78. The van der Waals surface area contributed by atoms with Crippen LogP contribution in [0.4, 0.5) is 4.39 Å². The summed E-state index contributed by atoms with van der Waals surface area (Å²) in [4.78, 5) is 7.14. The molecule has 0 aliphatic carbocycles. The Morgan fingerprint density at radius 3 is 3.00 bits per heavy atom. The first kappa shape index (κ1) is 11.8. The molecule has 0 bridgehead atoms. The summed E-state index contributed by atoms with van der Waals surface area (Å²) in [6.45, 7) is 1.95. The first-order chi connectivity index (χ1) is 8.20. The number of halogens is 1. The molecule has 4 nitrogen and oxygen atoms in total. The van der Waals surface area contributed by atoms with E-state index < -0.39 is 0 Å². The Labute approximate surface area is 99.0 Å². The second-order valence-electron chi connectivity index (χ2n) is 3.97. The van der Waals surface area contributed by atoms with Crippen LogP contribution in [0.15, 0.2) is 30.6 Å². The van der Waals surface area contributed by atoms with Gasteiger partial charge >= 0.3 is 0 Å². The Morgan fingerprint density at radius 1 is 1.53 bits per heavy atom. The summed E-state index contributed by atoms with van der Waals surface area (Å²) in [6, 6.07) is 4.60. The smallest absolute Gasteiger partial charge is 0.124 e. The zero-order chi connectivity index (χ0) is 12.3. The Bertz CT molecular complexity index is 481. The van der Waals surface area contributed by atoms with Crippen LogP contribution in [0, 0.1) is 12.7 Å². The average molecular weight is 234 g/mol. The van der Waals surface area contributed by atoms with Crippen LogP contribution in [-0.2, 0) is 6.42 Å². The van der Waals surface area contributed by atoms with E-state index in [1.165, 1.54) is 12.1 Å². The van der Waals surface area contributed by atoms with Crippen molar-refractivity contribution in [3.05, 3.63) is 53.4 Å². The first-order valence-corrected chi connectivity index (χ1v) is 5.41. The van der Waals surface area contributed by atoms with Crippen LogP contribution in [0.1, 0.15) is 23.0 Å². The molecule has 90 valence electrons. The zero-order valence-electron chi connectivity index (χ0n) is 9.57. The number of aromatic amines is 1. The van der Waals surface area contributed by atoms with Crippen molar-refractivity contribution in [3.63, 3.8) is 0 Å². The van der Waals surface area contributed by atoms with Crippen LogP contribution in [0.2, 0.25) is 0 Å². The lowest BCUT2D eigenvalue weighted by Crippen LogP contribution is -2.30. The van der Waals surface area contributed by atoms with Crippen molar-refractivity contribution in [1.29, 1.82) is 0 Å². The highest BCUT2D eigenvalue weighted by Crippen LogP contribution is 2.18. The van der Waals surface area contributed by atoms with Crippen molar-refractivity contribution in [2.45, 2.75) is 19.4 Å². The number of benzene rings is 1. The average Bonchev–Trinajstić information content (AvgIpc) is 2.84. The summed E-state index contributed by atoms with van der Waals surface area (Å²) in [5.74, 6) is 6.01. The van der Waals surface area contributed by atoms with Gasteiger partial charge < -0.3 is 4.98 Å². The van der Waals surface area contributed by atoms with Crippen molar-refractivity contribution in [2.24, 2.45) is 5.84 Å². The van der Waals surface area contributed by atoms with Gasteiger partial charge in [0, 0.05) is 12.4 Å². The third-order valence-corrected chi connectivity index (χ3v) is 2.79. The number of nitrogens with two attached hydrogens (primary N) is 1. The van der Waals surface area contributed by atoms with E-state index in [1.54, 1.807) is 18.5 Å². The number of aromatic nitrogens is 2. The second-order valence-corrected chi connectivity index (χ2v) is 3.97. The van der Waals surface area contributed by atoms with Crippen LogP contribution < -0.4 is 11.3 Å². The molecule has 0 saturated heterocycles. The minimum absolute atomic E-state index is 0.148. The fourth-order valence-corrected chi connectivity index (χ4v) is 1.78. The Kier molecular flexibility index (Phi) is 3.51. The van der Waals surface area contributed by atoms with Crippen LogP contribution in [0.25, 0.3) is 0 Å². The molecule has 2 rings (SSSR count). The van der Waals surface area contributed by atoms with E-state index in [1.807, 2.05) is 6.92 Å². The zero-order valence-corrected chi connectivity index (χ0v) is 9.57. The summed E-state index contributed by atoms with van der Waals surface area (Å²) in [6.07, 6.45) is 3.99. The first-order valence-electron chi connectivity index (χ1n) is 5.41. The Hall–Kier alpha value is -1.72. The minimum atomic E-state index is -0.235. The molecule has 0 saturated carbocycles. The molecule has 2 aromatic rings. The van der Waals surface area contributed by atoms with E-state index in [0.29, 0.717) is 6.42 Å². The van der Waals surface area contributed by atoms with Gasteiger partial charge in [-0.15, -0.1) is 0 Å². The summed E-state index contributed by atoms with van der Waals surface area (Å²) in [5.41, 5.74) is 4.64. The number of imidazole rings is 1. The lowest BCUT2D eigenvalue weighted by molar-refractivity contribution is 0.524. The standard InChI is InChI=1S/C12H15FN4/c1-8-2-3-10(13)6-9(8)7-11(17-14)12-15-4-5-16-12/h2-6,11,17H,7,14H2,1H3,(H,15,16). The molecular weight excluding hydrogens is 219 g/mol. The van der Waals surface area contributed by atoms with Gasteiger partial charge in [0.05, 0.1) is 6.04 Å². The molecule has 0 spiro atoms. The predicted molar refractivity (Wildman–Crippen MR) is 63.5 cm³/mol. The van der Waals surface area contributed by atoms with Gasteiger partial charge in [0.25, 0.3) is 0 Å². The summed E-state index contributed by atoms with van der Waals surface area (Å²) >= 11 is 0. The fraction of sp³-hybridized carbons (Fsp3) is 0.250. The van der Waals surface area contributed by atoms with Gasteiger partial charge in [-0.25, -0.2) is 14.8 Å². The molecule has 0 aliphatic heterocycles. The third-order valence-electron chi connectivity index (χ3n) is 2.79. The van der Waals surface area contributed by atoms with E-state index in [2.05, 4.69) is 15.4 Å². The summed E-state index contributed by atoms with van der Waals surface area (Å²) in [5, 5.41) is 0. The van der Waals surface area contributed by atoms with E-state index in [-0.39, 0.29) is 11.9 Å². The molecule has 1 unspecified atom stereocenters. The predicted octanol–water partition coefficient (Wildman–Crippen LogP) is 1.60. The van der Waals surface area contributed by atoms with Crippen molar-refractivity contribution >= 4 is 0 Å². The quantitative estimate of drug-likeness (QED) is 0.556. The van der Waals surface area contributed by atoms with Crippen molar-refractivity contribution < 1.29 is 4.39 Å². The lowest BCUT2D eigenvalue weighted by Gasteiger charge is -2.15. The largest absolute Gasteiger partial charge is 0.347 e. The highest BCUT2D eigenvalue weighted by atomic mass is 19.1. The molecule has 1 atom stereocenters. The van der Waals surface area contributed by atoms with E-state index in [9.17, 15) is 4.39 Å². The normalized spacial score (nSPS) is 12.6. The number of hydrogen-bond donors (Lipinski definition) is 3. The molecule has 0 amide bonds. The van der Waals surface area contributed by atoms with E-state index in [0.717, 1.165) is 17.0 Å². The van der Waals surface area contributed by atoms with Gasteiger partial charge in [0.2, 0.25) is 0 Å². The number of H-pyrrole nitrogens is 1. The SMILES string of the molecule is Cc1ccc(F)cc1CC(NN)c1ncc[nH]1. The maximum absolute atomic E-state index is 13.2. The molecule has 0 radical (unpaired) electrons. The number of hydrogen-bond acceptors (Lipinski definition) is 3. The van der Waals surface area contributed by atoms with Gasteiger partial charge in [0.1, 0.15) is 11.6 Å². The van der Waals surface area contributed by atoms with Crippen molar-refractivity contribution in [1.82, 2.24) is 15.4 Å². The van der Waals surface area contributed by atoms with Crippen LogP contribution in [0.5, 0.6) is 0 Å².